The minimum absolute atomic E-state index is 0.00426. The molecule has 0 spiro atoms. The lowest BCUT2D eigenvalue weighted by atomic mass is 10.1. The molecule has 1 amide bonds. The van der Waals surface area contributed by atoms with Crippen LogP contribution >= 0.6 is 11.3 Å². The van der Waals surface area contributed by atoms with Gasteiger partial charge in [-0.05, 0) is 43.4 Å². The van der Waals surface area contributed by atoms with Gasteiger partial charge in [0.2, 0.25) is 0 Å². The van der Waals surface area contributed by atoms with E-state index in [1.807, 2.05) is 13.0 Å². The van der Waals surface area contributed by atoms with Crippen LogP contribution in [-0.4, -0.2) is 35.1 Å². The summed E-state index contributed by atoms with van der Waals surface area (Å²) < 4.78 is 1.76. The average Bonchev–Trinajstić information content (AvgIpc) is 3.46. The number of aromatic nitrogens is 2. The largest absolute Gasteiger partial charge is 0.371 e. The first-order valence-corrected chi connectivity index (χ1v) is 11.0. The monoisotopic (exact) mass is 408 g/mol. The van der Waals surface area contributed by atoms with E-state index in [0.717, 1.165) is 50.3 Å². The molecule has 4 heterocycles. The van der Waals surface area contributed by atoms with Gasteiger partial charge >= 0.3 is 0 Å². The minimum atomic E-state index is -0.0896. The van der Waals surface area contributed by atoms with Crippen LogP contribution in [0.4, 0.5) is 5.69 Å². The van der Waals surface area contributed by atoms with Crippen molar-refractivity contribution in [3.8, 4) is 0 Å². The molecule has 5 rings (SSSR count). The predicted octanol–water partition coefficient (Wildman–Crippen LogP) is 2.97. The number of thiophene rings is 1. The van der Waals surface area contributed by atoms with Crippen molar-refractivity contribution in [2.24, 2.45) is 5.92 Å². The first-order valence-electron chi connectivity index (χ1n) is 10.2. The molecule has 1 aromatic carbocycles. The number of carbonyl (C=O) groups is 1. The predicted molar refractivity (Wildman–Crippen MR) is 116 cm³/mol. The highest BCUT2D eigenvalue weighted by atomic mass is 32.1. The summed E-state index contributed by atoms with van der Waals surface area (Å²) in [5.74, 6) is 1.19. The first kappa shape index (κ1) is 18.4. The van der Waals surface area contributed by atoms with Gasteiger partial charge in [0.25, 0.3) is 11.5 Å². The Morgan fingerprint density at radius 1 is 1.28 bits per heavy atom. The number of aryl methyl sites for hydroxylation is 2. The second-order valence-corrected chi connectivity index (χ2v) is 8.97. The minimum Gasteiger partial charge on any atom is -0.371 e. The van der Waals surface area contributed by atoms with E-state index in [4.69, 9.17) is 0 Å². The topological polar surface area (TPSA) is 67.2 Å². The Morgan fingerprint density at radius 3 is 2.93 bits per heavy atom. The van der Waals surface area contributed by atoms with Crippen molar-refractivity contribution in [1.82, 2.24) is 14.9 Å². The van der Waals surface area contributed by atoms with Crippen LogP contribution in [0.15, 0.2) is 35.1 Å². The molecule has 2 aliphatic heterocycles. The number of fused-ring (bicyclic) bond motifs is 2. The molecule has 1 fully saturated rings. The highest BCUT2D eigenvalue weighted by Crippen LogP contribution is 2.29. The second-order valence-electron chi connectivity index (χ2n) is 7.97. The Kier molecular flexibility index (Phi) is 4.62. The number of benzene rings is 1. The van der Waals surface area contributed by atoms with Crippen LogP contribution in [-0.2, 0) is 13.0 Å². The molecule has 29 heavy (non-hydrogen) atoms. The van der Waals surface area contributed by atoms with Crippen LogP contribution < -0.4 is 15.8 Å². The zero-order valence-corrected chi connectivity index (χ0v) is 17.3. The second kappa shape index (κ2) is 7.30. The lowest BCUT2D eigenvalue weighted by Gasteiger charge is -2.18. The molecule has 7 heteroatoms. The molecular formula is C22H24N4O2S. The summed E-state index contributed by atoms with van der Waals surface area (Å²) in [7, 11) is 0. The molecule has 1 saturated heterocycles. The Balaban J connectivity index is 1.29. The third kappa shape index (κ3) is 3.23. The van der Waals surface area contributed by atoms with E-state index in [-0.39, 0.29) is 11.5 Å². The van der Waals surface area contributed by atoms with Gasteiger partial charge in [-0.2, -0.15) is 0 Å². The van der Waals surface area contributed by atoms with Crippen molar-refractivity contribution in [2.45, 2.75) is 32.7 Å². The normalized spacial score (nSPS) is 18.4. The zero-order valence-electron chi connectivity index (χ0n) is 16.5. The summed E-state index contributed by atoms with van der Waals surface area (Å²) in [6.45, 7) is 5.21. The maximum Gasteiger partial charge on any atom is 0.262 e. The van der Waals surface area contributed by atoms with Crippen molar-refractivity contribution >= 4 is 33.1 Å². The number of amides is 1. The van der Waals surface area contributed by atoms with Crippen LogP contribution in [0.25, 0.3) is 10.2 Å². The Bertz CT molecular complexity index is 1140. The summed E-state index contributed by atoms with van der Waals surface area (Å²) in [5.41, 5.74) is 2.01. The van der Waals surface area contributed by atoms with Crippen molar-refractivity contribution in [2.75, 3.05) is 24.5 Å². The maximum atomic E-state index is 12.9. The van der Waals surface area contributed by atoms with Gasteiger partial charge in [-0.25, -0.2) is 4.98 Å². The smallest absolute Gasteiger partial charge is 0.262 e. The fourth-order valence-electron chi connectivity index (χ4n) is 4.48. The van der Waals surface area contributed by atoms with Gasteiger partial charge < -0.3 is 10.2 Å². The number of para-hydroxylation sites is 1. The number of hydrogen-bond donors (Lipinski definition) is 1. The zero-order chi connectivity index (χ0) is 20.0. The van der Waals surface area contributed by atoms with Gasteiger partial charge in [0.1, 0.15) is 10.7 Å². The number of nitrogens with one attached hydrogen (secondary N) is 1. The van der Waals surface area contributed by atoms with Gasteiger partial charge in [-0.15, -0.1) is 11.3 Å². The standard InChI is InChI=1S/C22H24N4O2S/c1-14-18-21(24-17-8-5-10-26(17)22(18)28)29-19(14)20(27)23-12-15-9-11-25(13-15)16-6-3-2-4-7-16/h2-4,6-7,15H,5,8-13H2,1H3,(H,23,27). The van der Waals surface area contributed by atoms with Crippen molar-refractivity contribution in [3.63, 3.8) is 0 Å². The number of nitrogens with zero attached hydrogens (tertiary/aromatic N) is 3. The highest BCUT2D eigenvalue weighted by molar-refractivity contribution is 7.20. The summed E-state index contributed by atoms with van der Waals surface area (Å²) >= 11 is 1.35. The van der Waals surface area contributed by atoms with Crippen LogP contribution in [0, 0.1) is 12.8 Å². The average molecular weight is 409 g/mol. The van der Waals surface area contributed by atoms with Gasteiger partial charge in [0, 0.05) is 38.3 Å². The third-order valence-corrected chi connectivity index (χ3v) is 7.26. The van der Waals surface area contributed by atoms with Crippen LogP contribution in [0.2, 0.25) is 0 Å². The molecule has 1 atom stereocenters. The van der Waals surface area contributed by atoms with E-state index in [1.165, 1.54) is 17.0 Å². The van der Waals surface area contributed by atoms with E-state index in [1.54, 1.807) is 4.57 Å². The number of carbonyl (C=O) groups excluding carboxylic acids is 1. The lowest BCUT2D eigenvalue weighted by Crippen LogP contribution is -2.31. The van der Waals surface area contributed by atoms with Gasteiger partial charge in [-0.1, -0.05) is 18.2 Å². The molecular weight excluding hydrogens is 384 g/mol. The Morgan fingerprint density at radius 2 is 2.10 bits per heavy atom. The molecule has 6 nitrogen and oxygen atoms in total. The van der Waals surface area contributed by atoms with E-state index < -0.39 is 0 Å². The summed E-state index contributed by atoms with van der Waals surface area (Å²) in [6, 6.07) is 10.4. The van der Waals surface area contributed by atoms with E-state index in [2.05, 4.69) is 39.5 Å². The van der Waals surface area contributed by atoms with Gasteiger partial charge in [0.15, 0.2) is 0 Å². The maximum absolute atomic E-state index is 12.9. The first-order chi connectivity index (χ1) is 14.1. The van der Waals surface area contributed by atoms with Gasteiger partial charge in [-0.3, -0.25) is 14.2 Å². The van der Waals surface area contributed by atoms with Crippen LogP contribution in [0.5, 0.6) is 0 Å². The molecule has 150 valence electrons. The molecule has 0 radical (unpaired) electrons. The molecule has 3 aromatic rings. The van der Waals surface area contributed by atoms with Gasteiger partial charge in [0.05, 0.1) is 10.3 Å². The molecule has 2 aliphatic rings. The summed E-state index contributed by atoms with van der Waals surface area (Å²) in [6.07, 6.45) is 2.87. The Hall–Kier alpha value is -2.67. The SMILES string of the molecule is Cc1c(C(=O)NCC2CCN(c3ccccc3)C2)sc2nc3n(c(=O)c12)CCC3. The molecule has 1 unspecified atom stereocenters. The fourth-order valence-corrected chi connectivity index (χ4v) is 5.59. The molecule has 1 N–H and O–H groups in total. The van der Waals surface area contributed by atoms with E-state index >= 15 is 0 Å². The number of hydrogen-bond acceptors (Lipinski definition) is 5. The summed E-state index contributed by atoms with van der Waals surface area (Å²) in [4.78, 5) is 34.0. The Labute approximate surface area is 173 Å². The molecule has 0 aliphatic carbocycles. The number of anilines is 1. The summed E-state index contributed by atoms with van der Waals surface area (Å²) in [5, 5.41) is 3.71. The fraction of sp³-hybridized carbons (Fsp3) is 0.409. The van der Waals surface area contributed by atoms with Crippen molar-refractivity contribution in [3.05, 3.63) is 57.0 Å². The molecule has 0 bridgehead atoms. The molecule has 2 aromatic heterocycles. The van der Waals surface area contributed by atoms with Crippen LogP contribution in [0.3, 0.4) is 0 Å². The highest BCUT2D eigenvalue weighted by Gasteiger charge is 2.26. The van der Waals surface area contributed by atoms with E-state index in [0.29, 0.717) is 27.6 Å². The van der Waals surface area contributed by atoms with Crippen molar-refractivity contribution < 1.29 is 4.79 Å². The van der Waals surface area contributed by atoms with Crippen LogP contribution in [0.1, 0.15) is 33.9 Å². The quantitative estimate of drug-likeness (QED) is 0.721. The molecule has 0 saturated carbocycles. The third-order valence-electron chi connectivity index (χ3n) is 6.08. The lowest BCUT2D eigenvalue weighted by molar-refractivity contribution is 0.0952. The van der Waals surface area contributed by atoms with Crippen molar-refractivity contribution in [1.29, 1.82) is 0 Å². The van der Waals surface area contributed by atoms with E-state index in [9.17, 15) is 9.59 Å². The number of rotatable bonds is 4.